The van der Waals surface area contributed by atoms with Crippen molar-refractivity contribution in [1.29, 1.82) is 0 Å². The van der Waals surface area contributed by atoms with E-state index in [0.29, 0.717) is 12.1 Å². The highest BCUT2D eigenvalue weighted by Crippen LogP contribution is 2.25. The average Bonchev–Trinajstić information content (AvgIpc) is 3.32. The Balaban J connectivity index is 1.79. The van der Waals surface area contributed by atoms with Gasteiger partial charge in [0.1, 0.15) is 5.75 Å². The molecule has 10 nitrogen and oxygen atoms in total. The highest BCUT2D eigenvalue weighted by atomic mass is 16.5. The lowest BCUT2D eigenvalue weighted by Crippen LogP contribution is -2.59. The van der Waals surface area contributed by atoms with Gasteiger partial charge in [-0.25, -0.2) is 4.79 Å². The van der Waals surface area contributed by atoms with Crippen LogP contribution >= 0.6 is 0 Å². The summed E-state index contributed by atoms with van der Waals surface area (Å²) in [7, 11) is 1.60. The smallest absolute Gasteiger partial charge is 0.331 e. The maximum Gasteiger partial charge on any atom is 0.331 e. The zero-order valence-corrected chi connectivity index (χ0v) is 21.1. The molecule has 1 aliphatic carbocycles. The number of nitrogens with one attached hydrogen (secondary N) is 2. The molecule has 3 rings (SSSR count). The molecule has 1 aromatic carbocycles. The van der Waals surface area contributed by atoms with Crippen LogP contribution in [0.25, 0.3) is 0 Å². The highest BCUT2D eigenvalue weighted by Gasteiger charge is 2.38. The standard InChI is InChI=1S/C26H34N4O6/c1-5-20(6-2)36-23-12-18(26(33)34)11-22(24(23)28-16(3)31)29-25(32)19-13-27-30(15-19)14-17-8-7-9-21(10-17)35-4/h7-10,12-13,15,20,22-24H,5-6,11,14H2,1-4H3,(H,28,31)(H,29,32)(H,33,34)/t22-,23+,24+/m0/s1. The van der Waals surface area contributed by atoms with Gasteiger partial charge in [-0.1, -0.05) is 26.0 Å². The van der Waals surface area contributed by atoms with Gasteiger partial charge in [-0.05, 0) is 36.6 Å². The number of carboxylic acid groups (broad SMARTS) is 1. The molecule has 1 aromatic heterocycles. The van der Waals surface area contributed by atoms with E-state index >= 15 is 0 Å². The van der Waals surface area contributed by atoms with Gasteiger partial charge in [0.15, 0.2) is 0 Å². The quantitative estimate of drug-likeness (QED) is 0.434. The molecule has 2 aromatic rings. The van der Waals surface area contributed by atoms with Gasteiger partial charge >= 0.3 is 5.97 Å². The number of hydrogen-bond acceptors (Lipinski definition) is 6. The van der Waals surface area contributed by atoms with Crippen LogP contribution in [-0.4, -0.2) is 64.1 Å². The molecule has 0 saturated carbocycles. The molecule has 0 aliphatic heterocycles. The predicted molar refractivity (Wildman–Crippen MR) is 133 cm³/mol. The van der Waals surface area contributed by atoms with Crippen molar-refractivity contribution < 1.29 is 29.0 Å². The van der Waals surface area contributed by atoms with Gasteiger partial charge < -0.3 is 25.2 Å². The number of amides is 2. The van der Waals surface area contributed by atoms with Gasteiger partial charge in [0.25, 0.3) is 5.91 Å². The molecule has 194 valence electrons. The van der Waals surface area contributed by atoms with Crippen LogP contribution in [-0.2, 0) is 20.9 Å². The highest BCUT2D eigenvalue weighted by molar-refractivity contribution is 5.94. The van der Waals surface area contributed by atoms with Crippen molar-refractivity contribution in [2.24, 2.45) is 0 Å². The van der Waals surface area contributed by atoms with E-state index in [1.165, 1.54) is 19.2 Å². The topological polar surface area (TPSA) is 132 Å². The van der Waals surface area contributed by atoms with E-state index in [-0.39, 0.29) is 24.0 Å². The van der Waals surface area contributed by atoms with Crippen LogP contribution in [0.4, 0.5) is 0 Å². The number of aromatic nitrogens is 2. The lowest BCUT2D eigenvalue weighted by atomic mass is 9.87. The van der Waals surface area contributed by atoms with Crippen LogP contribution < -0.4 is 15.4 Å². The largest absolute Gasteiger partial charge is 0.497 e. The van der Waals surface area contributed by atoms with Crippen molar-refractivity contribution >= 4 is 17.8 Å². The molecule has 0 fully saturated rings. The Morgan fingerprint density at radius 2 is 1.97 bits per heavy atom. The summed E-state index contributed by atoms with van der Waals surface area (Å²) < 4.78 is 13.0. The van der Waals surface area contributed by atoms with Crippen molar-refractivity contribution in [1.82, 2.24) is 20.4 Å². The number of hydrogen-bond donors (Lipinski definition) is 3. The van der Waals surface area contributed by atoms with Crippen molar-refractivity contribution in [3.8, 4) is 5.75 Å². The average molecular weight is 499 g/mol. The molecule has 3 atom stereocenters. The summed E-state index contributed by atoms with van der Waals surface area (Å²) in [5.41, 5.74) is 1.41. The first kappa shape index (κ1) is 26.9. The molecule has 3 N–H and O–H groups in total. The minimum Gasteiger partial charge on any atom is -0.497 e. The summed E-state index contributed by atoms with van der Waals surface area (Å²) in [6, 6.07) is 6.25. The van der Waals surface area contributed by atoms with Gasteiger partial charge in [-0.2, -0.15) is 5.10 Å². The Labute approximate surface area is 210 Å². The molecule has 10 heteroatoms. The number of nitrogens with zero attached hydrogens (tertiary/aromatic N) is 2. The van der Waals surface area contributed by atoms with E-state index in [0.717, 1.165) is 24.2 Å². The summed E-state index contributed by atoms with van der Waals surface area (Å²) in [6.45, 7) is 5.79. The van der Waals surface area contributed by atoms with Crippen LogP contribution in [0, 0.1) is 0 Å². The van der Waals surface area contributed by atoms with E-state index < -0.39 is 30.1 Å². The zero-order valence-electron chi connectivity index (χ0n) is 21.1. The second-order valence-corrected chi connectivity index (χ2v) is 8.82. The number of benzene rings is 1. The molecule has 2 amide bonds. The van der Waals surface area contributed by atoms with Gasteiger partial charge in [0.2, 0.25) is 5.91 Å². The van der Waals surface area contributed by atoms with Crippen molar-refractivity contribution in [2.75, 3.05) is 7.11 Å². The summed E-state index contributed by atoms with van der Waals surface area (Å²) >= 11 is 0. The molecular weight excluding hydrogens is 464 g/mol. The molecule has 1 aliphatic rings. The minimum absolute atomic E-state index is 0.0484. The number of methoxy groups -OCH3 is 1. The third kappa shape index (κ3) is 6.94. The fourth-order valence-corrected chi connectivity index (χ4v) is 4.28. The molecule has 0 spiro atoms. The van der Waals surface area contributed by atoms with E-state index in [1.54, 1.807) is 18.0 Å². The molecule has 0 saturated heterocycles. The van der Waals surface area contributed by atoms with Gasteiger partial charge in [-0.15, -0.1) is 0 Å². The van der Waals surface area contributed by atoms with Crippen molar-refractivity contribution in [2.45, 2.75) is 70.9 Å². The number of rotatable bonds is 11. The van der Waals surface area contributed by atoms with Crippen molar-refractivity contribution in [3.63, 3.8) is 0 Å². The Hall–Kier alpha value is -3.66. The predicted octanol–water partition coefficient (Wildman–Crippen LogP) is 2.53. The zero-order chi connectivity index (χ0) is 26.2. The van der Waals surface area contributed by atoms with Crippen LogP contribution in [0.3, 0.4) is 0 Å². The maximum absolute atomic E-state index is 13.1. The second-order valence-electron chi connectivity index (χ2n) is 8.82. The number of aliphatic carboxylic acids is 1. The molecular formula is C26H34N4O6. The number of carbonyl (C=O) groups excluding carboxylic acids is 2. The number of carboxylic acids is 1. The van der Waals surface area contributed by atoms with Crippen LogP contribution in [0.5, 0.6) is 5.75 Å². The summed E-state index contributed by atoms with van der Waals surface area (Å²) in [4.78, 5) is 36.9. The third-order valence-corrected chi connectivity index (χ3v) is 6.19. The second kappa shape index (κ2) is 12.3. The molecule has 0 bridgehead atoms. The van der Waals surface area contributed by atoms with E-state index in [9.17, 15) is 19.5 Å². The van der Waals surface area contributed by atoms with Gasteiger partial charge in [-0.3, -0.25) is 14.3 Å². The Morgan fingerprint density at radius 1 is 1.22 bits per heavy atom. The lowest BCUT2D eigenvalue weighted by molar-refractivity contribution is -0.133. The summed E-state index contributed by atoms with van der Waals surface area (Å²) in [6.07, 6.45) is 5.33. The Morgan fingerprint density at radius 3 is 2.61 bits per heavy atom. The molecule has 36 heavy (non-hydrogen) atoms. The van der Waals surface area contributed by atoms with Gasteiger partial charge in [0.05, 0.1) is 49.7 Å². The first-order chi connectivity index (χ1) is 17.2. The minimum atomic E-state index is -1.08. The van der Waals surface area contributed by atoms with Crippen LogP contribution in [0.2, 0.25) is 0 Å². The number of carbonyl (C=O) groups is 3. The Kier molecular flexibility index (Phi) is 9.24. The first-order valence-corrected chi connectivity index (χ1v) is 12.1. The van der Waals surface area contributed by atoms with Crippen molar-refractivity contribution in [3.05, 3.63) is 59.4 Å². The lowest BCUT2D eigenvalue weighted by Gasteiger charge is -2.38. The normalized spacial score (nSPS) is 19.5. The number of ether oxygens (including phenoxy) is 2. The van der Waals surface area contributed by atoms with E-state index in [1.807, 2.05) is 38.1 Å². The third-order valence-electron chi connectivity index (χ3n) is 6.19. The Bertz CT molecular complexity index is 1110. The maximum atomic E-state index is 13.1. The van der Waals surface area contributed by atoms with Crippen LogP contribution in [0.15, 0.2) is 48.3 Å². The first-order valence-electron chi connectivity index (χ1n) is 12.1. The monoisotopic (exact) mass is 498 g/mol. The molecule has 0 unspecified atom stereocenters. The molecule has 1 heterocycles. The fourth-order valence-electron chi connectivity index (χ4n) is 4.28. The van der Waals surface area contributed by atoms with E-state index in [2.05, 4.69) is 15.7 Å². The van der Waals surface area contributed by atoms with Gasteiger partial charge in [0, 0.05) is 25.1 Å². The SMILES string of the molecule is CCC(CC)O[C@@H]1C=C(C(=O)O)C[C@H](NC(=O)c2cnn(Cc3cccc(OC)c3)c2)[C@H]1NC(C)=O. The molecule has 0 radical (unpaired) electrons. The summed E-state index contributed by atoms with van der Waals surface area (Å²) in [5, 5.41) is 19.7. The fraction of sp³-hybridized carbons (Fsp3) is 0.462. The van der Waals surface area contributed by atoms with Crippen LogP contribution in [0.1, 0.15) is 56.0 Å². The van der Waals surface area contributed by atoms with E-state index in [4.69, 9.17) is 9.47 Å². The summed E-state index contributed by atoms with van der Waals surface area (Å²) in [5.74, 6) is -1.07.